The maximum absolute atomic E-state index is 12.7. The molecule has 0 bridgehead atoms. The molecule has 17 heavy (non-hydrogen) atoms. The minimum atomic E-state index is -4.60. The van der Waals surface area contributed by atoms with Gasteiger partial charge in [-0.2, -0.15) is 13.2 Å². The Hall–Kier alpha value is -2.18. The highest BCUT2D eigenvalue weighted by Gasteiger charge is 2.34. The molecule has 0 unspecified atom stereocenters. The van der Waals surface area contributed by atoms with Crippen molar-refractivity contribution >= 4 is 0 Å². The number of H-pyrrole nitrogens is 1. The fourth-order valence-electron chi connectivity index (χ4n) is 1.50. The highest BCUT2D eigenvalue weighted by Crippen LogP contribution is 2.34. The van der Waals surface area contributed by atoms with Gasteiger partial charge in [0.05, 0.1) is 17.4 Å². The molecule has 2 aromatic rings. The number of alkyl halides is 3. The van der Waals surface area contributed by atoms with Gasteiger partial charge in [-0.05, 0) is 12.1 Å². The van der Waals surface area contributed by atoms with Crippen molar-refractivity contribution in [2.24, 2.45) is 0 Å². The Bertz CT molecular complexity index is 598. The predicted molar refractivity (Wildman–Crippen MR) is 53.1 cm³/mol. The monoisotopic (exact) mass is 244 g/mol. The van der Waals surface area contributed by atoms with Crippen LogP contribution in [0.5, 0.6) is 5.88 Å². The van der Waals surface area contributed by atoms with Gasteiger partial charge in [0, 0.05) is 0 Å². The molecule has 0 saturated carbocycles. The maximum atomic E-state index is 12.7. The summed E-state index contributed by atoms with van der Waals surface area (Å²) in [4.78, 5) is 13.4. The Kier molecular flexibility index (Phi) is 2.45. The van der Waals surface area contributed by atoms with Gasteiger partial charge in [-0.1, -0.05) is 12.1 Å². The number of aromatic amines is 1. The molecule has 1 aromatic heterocycles. The van der Waals surface area contributed by atoms with Gasteiger partial charge in [0.15, 0.2) is 0 Å². The molecule has 0 atom stereocenters. The van der Waals surface area contributed by atoms with Crippen LogP contribution in [-0.2, 0) is 6.18 Å². The van der Waals surface area contributed by atoms with E-state index in [1.165, 1.54) is 12.1 Å². The number of aromatic nitrogens is 2. The quantitative estimate of drug-likeness (QED) is 0.804. The highest BCUT2D eigenvalue weighted by atomic mass is 19.4. The number of nitrogens with zero attached hydrogens (tertiary/aromatic N) is 1. The van der Waals surface area contributed by atoms with E-state index in [4.69, 9.17) is 0 Å². The molecular weight excluding hydrogens is 237 g/mol. The molecule has 0 fully saturated rings. The van der Waals surface area contributed by atoms with Crippen LogP contribution in [-0.4, -0.2) is 14.7 Å². The lowest BCUT2D eigenvalue weighted by Gasteiger charge is -2.12. The number of nitrogens with one attached hydrogen (secondary N) is 1. The number of imidazole rings is 1. The second kappa shape index (κ2) is 3.69. The molecule has 4 nitrogen and oxygen atoms in total. The minimum absolute atomic E-state index is 0.413. The molecule has 90 valence electrons. The molecule has 0 amide bonds. The van der Waals surface area contributed by atoms with E-state index in [9.17, 15) is 23.1 Å². The second-order valence-corrected chi connectivity index (χ2v) is 3.30. The fourth-order valence-corrected chi connectivity index (χ4v) is 1.50. The lowest BCUT2D eigenvalue weighted by atomic mass is 10.1. The third-order valence-corrected chi connectivity index (χ3v) is 2.21. The molecule has 7 heteroatoms. The van der Waals surface area contributed by atoms with Gasteiger partial charge in [-0.25, -0.2) is 9.36 Å². The topological polar surface area (TPSA) is 58.0 Å². The van der Waals surface area contributed by atoms with Crippen LogP contribution >= 0.6 is 0 Å². The molecule has 0 aliphatic heterocycles. The molecule has 0 aliphatic rings. The number of benzene rings is 1. The standard InChI is InChI=1S/C10H7F3N2O2/c11-10(12,13)6-3-1-2-4-7(6)15-8(16)5-14-9(15)17/h1-5,16H,(H,14,17). The molecular formula is C10H7F3N2O2. The maximum Gasteiger partial charge on any atom is 0.418 e. The van der Waals surface area contributed by atoms with Crippen LogP contribution < -0.4 is 5.69 Å². The first kappa shape index (κ1) is 11.3. The van der Waals surface area contributed by atoms with Gasteiger partial charge in [-0.3, -0.25) is 0 Å². The van der Waals surface area contributed by atoms with E-state index in [1.54, 1.807) is 0 Å². The Morgan fingerprint density at radius 1 is 1.24 bits per heavy atom. The van der Waals surface area contributed by atoms with Crippen molar-refractivity contribution in [3.05, 3.63) is 46.5 Å². The van der Waals surface area contributed by atoms with Crippen LogP contribution in [0.3, 0.4) is 0 Å². The number of halogens is 3. The average Bonchev–Trinajstić information content (AvgIpc) is 2.57. The van der Waals surface area contributed by atoms with Gasteiger partial charge < -0.3 is 10.1 Å². The molecule has 2 rings (SSSR count). The Morgan fingerprint density at radius 2 is 1.88 bits per heavy atom. The predicted octanol–water partition coefficient (Wildman–Crippen LogP) is 1.89. The molecule has 0 radical (unpaired) electrons. The lowest BCUT2D eigenvalue weighted by molar-refractivity contribution is -0.137. The van der Waals surface area contributed by atoms with E-state index in [0.717, 1.165) is 18.3 Å². The molecule has 0 aliphatic carbocycles. The SMILES string of the molecule is O=c1[nH]cc(O)n1-c1ccccc1C(F)(F)F. The van der Waals surface area contributed by atoms with Crippen molar-refractivity contribution in [2.45, 2.75) is 6.18 Å². The fraction of sp³-hybridized carbons (Fsp3) is 0.100. The van der Waals surface area contributed by atoms with Crippen LogP contribution in [0.4, 0.5) is 13.2 Å². The summed E-state index contributed by atoms with van der Waals surface area (Å²) in [5.74, 6) is -0.577. The summed E-state index contributed by atoms with van der Waals surface area (Å²) in [6, 6.07) is 4.51. The third kappa shape index (κ3) is 1.91. The molecule has 1 aromatic carbocycles. The van der Waals surface area contributed by atoms with E-state index in [2.05, 4.69) is 4.98 Å². The summed E-state index contributed by atoms with van der Waals surface area (Å²) < 4.78 is 38.6. The number of hydrogen-bond donors (Lipinski definition) is 2. The van der Waals surface area contributed by atoms with Crippen LogP contribution in [0.25, 0.3) is 5.69 Å². The highest BCUT2D eigenvalue weighted by molar-refractivity contribution is 5.44. The zero-order valence-electron chi connectivity index (χ0n) is 8.32. The zero-order chi connectivity index (χ0) is 12.6. The first-order valence-corrected chi connectivity index (χ1v) is 4.57. The summed E-state index contributed by atoms with van der Waals surface area (Å²) in [6.45, 7) is 0. The molecule has 1 heterocycles. The van der Waals surface area contributed by atoms with Crippen LogP contribution in [0.2, 0.25) is 0 Å². The van der Waals surface area contributed by atoms with Crippen molar-refractivity contribution < 1.29 is 18.3 Å². The number of rotatable bonds is 1. The summed E-state index contributed by atoms with van der Waals surface area (Å²) in [5.41, 5.74) is -2.24. The van der Waals surface area contributed by atoms with E-state index in [0.29, 0.717) is 4.57 Å². The van der Waals surface area contributed by atoms with Gasteiger partial charge in [0.2, 0.25) is 5.88 Å². The summed E-state index contributed by atoms with van der Waals surface area (Å²) >= 11 is 0. The first-order chi connectivity index (χ1) is 7.91. The minimum Gasteiger partial charge on any atom is -0.493 e. The van der Waals surface area contributed by atoms with Crippen LogP contribution in [0, 0.1) is 0 Å². The number of aromatic hydroxyl groups is 1. The average molecular weight is 244 g/mol. The van der Waals surface area contributed by atoms with Gasteiger partial charge in [0.1, 0.15) is 0 Å². The van der Waals surface area contributed by atoms with Crippen LogP contribution in [0.1, 0.15) is 5.56 Å². The largest absolute Gasteiger partial charge is 0.493 e. The number of para-hydroxylation sites is 1. The first-order valence-electron chi connectivity index (χ1n) is 4.57. The smallest absolute Gasteiger partial charge is 0.418 e. The lowest BCUT2D eigenvalue weighted by Crippen LogP contribution is -2.19. The third-order valence-electron chi connectivity index (χ3n) is 2.21. The Morgan fingerprint density at radius 3 is 2.41 bits per heavy atom. The molecule has 0 spiro atoms. The van der Waals surface area contributed by atoms with E-state index < -0.39 is 29.0 Å². The van der Waals surface area contributed by atoms with Gasteiger partial charge >= 0.3 is 11.9 Å². The normalized spacial score (nSPS) is 11.7. The summed E-state index contributed by atoms with van der Waals surface area (Å²) in [5, 5.41) is 9.34. The Balaban J connectivity index is 2.73. The van der Waals surface area contributed by atoms with Crippen molar-refractivity contribution in [3.8, 4) is 11.6 Å². The van der Waals surface area contributed by atoms with E-state index >= 15 is 0 Å². The summed E-state index contributed by atoms with van der Waals surface area (Å²) in [7, 11) is 0. The van der Waals surface area contributed by atoms with E-state index in [-0.39, 0.29) is 0 Å². The van der Waals surface area contributed by atoms with Crippen LogP contribution in [0.15, 0.2) is 35.3 Å². The second-order valence-electron chi connectivity index (χ2n) is 3.30. The van der Waals surface area contributed by atoms with Gasteiger partial charge in [0.25, 0.3) is 0 Å². The van der Waals surface area contributed by atoms with Crippen molar-refractivity contribution in [3.63, 3.8) is 0 Å². The van der Waals surface area contributed by atoms with Crippen molar-refractivity contribution in [1.29, 1.82) is 0 Å². The zero-order valence-corrected chi connectivity index (χ0v) is 8.32. The van der Waals surface area contributed by atoms with Crippen molar-refractivity contribution in [1.82, 2.24) is 9.55 Å². The van der Waals surface area contributed by atoms with Crippen molar-refractivity contribution in [2.75, 3.05) is 0 Å². The number of hydrogen-bond acceptors (Lipinski definition) is 2. The van der Waals surface area contributed by atoms with Gasteiger partial charge in [-0.15, -0.1) is 0 Å². The Labute approximate surface area is 92.9 Å². The molecule has 2 N–H and O–H groups in total. The summed E-state index contributed by atoms with van der Waals surface area (Å²) in [6.07, 6.45) is -3.67. The molecule has 0 saturated heterocycles. The van der Waals surface area contributed by atoms with E-state index in [1.807, 2.05) is 0 Å².